The number of hydrogen-bond donors (Lipinski definition) is 1. The Bertz CT molecular complexity index is 535. The first-order valence-electron chi connectivity index (χ1n) is 5.80. The molecular formula is C13H15Br2N3. The molecule has 0 unspecified atom stereocenters. The first kappa shape index (κ1) is 13.6. The molecule has 18 heavy (non-hydrogen) atoms. The number of imidazole rings is 1. The van der Waals surface area contributed by atoms with Gasteiger partial charge in [0.15, 0.2) is 0 Å². The average Bonchev–Trinajstić information content (AvgIpc) is 2.77. The highest BCUT2D eigenvalue weighted by Gasteiger charge is 2.08. The predicted octanol–water partition coefficient (Wildman–Crippen LogP) is 4.47. The molecule has 1 heterocycles. The average molecular weight is 373 g/mol. The number of hydrogen-bond acceptors (Lipinski definition) is 2. The van der Waals surface area contributed by atoms with E-state index in [9.17, 15) is 0 Å². The number of rotatable bonds is 4. The van der Waals surface area contributed by atoms with Crippen LogP contribution in [-0.2, 0) is 0 Å². The second-order valence-corrected chi connectivity index (χ2v) is 6.26. The molecule has 0 aliphatic carbocycles. The molecule has 0 spiro atoms. The zero-order chi connectivity index (χ0) is 13.1. The number of nitrogens with zero attached hydrogens (tertiary/aromatic N) is 2. The Labute approximate surface area is 124 Å². The Hall–Kier alpha value is -0.810. The lowest BCUT2D eigenvalue weighted by Crippen LogP contribution is -2.12. The van der Waals surface area contributed by atoms with Crippen molar-refractivity contribution in [3.05, 3.63) is 39.5 Å². The van der Waals surface area contributed by atoms with E-state index in [0.29, 0.717) is 5.92 Å². The largest absolute Gasteiger partial charge is 0.355 e. The highest BCUT2D eigenvalue weighted by Crippen LogP contribution is 2.27. The molecule has 0 aliphatic heterocycles. The summed E-state index contributed by atoms with van der Waals surface area (Å²) in [5.41, 5.74) is 1.06. The van der Waals surface area contributed by atoms with E-state index in [1.807, 2.05) is 22.9 Å². The van der Waals surface area contributed by atoms with Crippen LogP contribution in [0.2, 0.25) is 0 Å². The first-order valence-corrected chi connectivity index (χ1v) is 7.39. The van der Waals surface area contributed by atoms with Gasteiger partial charge in [-0.15, -0.1) is 0 Å². The van der Waals surface area contributed by atoms with Gasteiger partial charge in [-0.05, 0) is 40.0 Å². The van der Waals surface area contributed by atoms with Crippen LogP contribution in [0.25, 0.3) is 5.69 Å². The van der Waals surface area contributed by atoms with Gasteiger partial charge in [0.05, 0.1) is 5.69 Å². The van der Waals surface area contributed by atoms with Crippen LogP contribution in [0.4, 0.5) is 5.95 Å². The fraction of sp³-hybridized carbons (Fsp3) is 0.308. The van der Waals surface area contributed by atoms with Gasteiger partial charge in [-0.25, -0.2) is 4.98 Å². The molecule has 0 bridgehead atoms. The van der Waals surface area contributed by atoms with Gasteiger partial charge >= 0.3 is 0 Å². The zero-order valence-corrected chi connectivity index (χ0v) is 13.5. The second-order valence-electron chi connectivity index (χ2n) is 4.49. The van der Waals surface area contributed by atoms with Crippen molar-refractivity contribution in [3.63, 3.8) is 0 Å². The third kappa shape index (κ3) is 3.14. The fourth-order valence-electron chi connectivity index (χ4n) is 1.59. The topological polar surface area (TPSA) is 29.9 Å². The van der Waals surface area contributed by atoms with E-state index in [4.69, 9.17) is 0 Å². The van der Waals surface area contributed by atoms with Gasteiger partial charge in [0.25, 0.3) is 0 Å². The quantitative estimate of drug-likeness (QED) is 0.858. The SMILES string of the molecule is CC(C)CNc1nccn1-c1cc(Br)ccc1Br. The van der Waals surface area contributed by atoms with Crippen LogP contribution in [-0.4, -0.2) is 16.1 Å². The van der Waals surface area contributed by atoms with Crippen molar-refractivity contribution >= 4 is 37.8 Å². The lowest BCUT2D eigenvalue weighted by atomic mass is 10.2. The van der Waals surface area contributed by atoms with E-state index >= 15 is 0 Å². The van der Waals surface area contributed by atoms with Gasteiger partial charge in [0.1, 0.15) is 0 Å². The van der Waals surface area contributed by atoms with Gasteiger partial charge in [-0.3, -0.25) is 4.57 Å². The minimum Gasteiger partial charge on any atom is -0.355 e. The maximum absolute atomic E-state index is 4.35. The number of nitrogens with one attached hydrogen (secondary N) is 1. The maximum Gasteiger partial charge on any atom is 0.207 e. The highest BCUT2D eigenvalue weighted by molar-refractivity contribution is 9.11. The summed E-state index contributed by atoms with van der Waals surface area (Å²) in [5, 5.41) is 3.35. The van der Waals surface area contributed by atoms with E-state index in [1.54, 1.807) is 6.20 Å². The van der Waals surface area contributed by atoms with E-state index in [0.717, 1.165) is 27.1 Å². The normalized spacial score (nSPS) is 10.9. The molecule has 0 saturated heterocycles. The van der Waals surface area contributed by atoms with E-state index in [-0.39, 0.29) is 0 Å². The Morgan fingerprint density at radius 1 is 1.33 bits per heavy atom. The maximum atomic E-state index is 4.35. The Morgan fingerprint density at radius 3 is 2.83 bits per heavy atom. The van der Waals surface area contributed by atoms with Crippen molar-refractivity contribution in [2.45, 2.75) is 13.8 Å². The lowest BCUT2D eigenvalue weighted by molar-refractivity contribution is 0.683. The second kappa shape index (κ2) is 5.89. The molecule has 96 valence electrons. The van der Waals surface area contributed by atoms with Crippen molar-refractivity contribution in [2.75, 3.05) is 11.9 Å². The van der Waals surface area contributed by atoms with Gasteiger partial charge in [0, 0.05) is 27.9 Å². The minimum absolute atomic E-state index is 0.584. The molecule has 1 N–H and O–H groups in total. The van der Waals surface area contributed by atoms with Gasteiger partial charge < -0.3 is 5.32 Å². The summed E-state index contributed by atoms with van der Waals surface area (Å²) >= 11 is 7.06. The van der Waals surface area contributed by atoms with Crippen LogP contribution in [0.1, 0.15) is 13.8 Å². The Kier molecular flexibility index (Phi) is 4.45. The third-order valence-electron chi connectivity index (χ3n) is 2.48. The summed E-state index contributed by atoms with van der Waals surface area (Å²) in [6.07, 6.45) is 3.76. The molecule has 2 rings (SSSR count). The molecule has 1 aromatic carbocycles. The molecule has 0 atom stereocenters. The van der Waals surface area contributed by atoms with Crippen LogP contribution in [0.5, 0.6) is 0 Å². The van der Waals surface area contributed by atoms with Crippen molar-refractivity contribution in [2.24, 2.45) is 5.92 Å². The Morgan fingerprint density at radius 2 is 2.11 bits per heavy atom. The van der Waals surface area contributed by atoms with Crippen molar-refractivity contribution in [1.29, 1.82) is 0 Å². The molecule has 1 aromatic heterocycles. The van der Waals surface area contributed by atoms with Crippen LogP contribution < -0.4 is 5.32 Å². The van der Waals surface area contributed by atoms with Gasteiger partial charge in [-0.2, -0.15) is 0 Å². The van der Waals surface area contributed by atoms with Crippen LogP contribution in [0.15, 0.2) is 39.5 Å². The first-order chi connectivity index (χ1) is 8.58. The fourth-order valence-corrected chi connectivity index (χ4v) is 2.38. The van der Waals surface area contributed by atoms with E-state index < -0.39 is 0 Å². The summed E-state index contributed by atoms with van der Waals surface area (Å²) in [6, 6.07) is 6.09. The minimum atomic E-state index is 0.584. The number of halogens is 2. The molecule has 0 aliphatic rings. The van der Waals surface area contributed by atoms with E-state index in [1.165, 1.54) is 0 Å². The zero-order valence-electron chi connectivity index (χ0n) is 10.3. The Balaban J connectivity index is 2.33. The van der Waals surface area contributed by atoms with Gasteiger partial charge in [-0.1, -0.05) is 29.8 Å². The summed E-state index contributed by atoms with van der Waals surface area (Å²) in [7, 11) is 0. The van der Waals surface area contributed by atoms with Crippen LogP contribution in [0.3, 0.4) is 0 Å². The third-order valence-corrected chi connectivity index (χ3v) is 3.64. The molecular weight excluding hydrogens is 358 g/mol. The molecule has 3 nitrogen and oxygen atoms in total. The van der Waals surface area contributed by atoms with Crippen molar-refractivity contribution < 1.29 is 0 Å². The van der Waals surface area contributed by atoms with Crippen LogP contribution in [0, 0.1) is 5.92 Å². The van der Waals surface area contributed by atoms with E-state index in [2.05, 4.69) is 62.1 Å². The number of aromatic nitrogens is 2. The molecule has 0 amide bonds. The highest BCUT2D eigenvalue weighted by atomic mass is 79.9. The summed E-state index contributed by atoms with van der Waals surface area (Å²) in [6.45, 7) is 5.26. The summed E-state index contributed by atoms with van der Waals surface area (Å²) < 4.78 is 4.12. The summed E-state index contributed by atoms with van der Waals surface area (Å²) in [5.74, 6) is 1.45. The van der Waals surface area contributed by atoms with Crippen molar-refractivity contribution in [3.8, 4) is 5.69 Å². The van der Waals surface area contributed by atoms with Crippen molar-refractivity contribution in [1.82, 2.24) is 9.55 Å². The summed E-state index contributed by atoms with van der Waals surface area (Å²) in [4.78, 5) is 4.35. The molecule has 5 heteroatoms. The predicted molar refractivity (Wildman–Crippen MR) is 82.3 cm³/mol. The smallest absolute Gasteiger partial charge is 0.207 e. The monoisotopic (exact) mass is 371 g/mol. The number of benzene rings is 1. The molecule has 2 aromatic rings. The molecule has 0 saturated carbocycles. The van der Waals surface area contributed by atoms with Gasteiger partial charge in [0.2, 0.25) is 5.95 Å². The molecule has 0 radical (unpaired) electrons. The molecule has 0 fully saturated rings. The lowest BCUT2D eigenvalue weighted by Gasteiger charge is -2.13. The standard InChI is InChI=1S/C13H15Br2N3/c1-9(2)8-17-13-16-5-6-18(13)12-7-10(14)3-4-11(12)15/h3-7,9H,8H2,1-2H3,(H,16,17). The van der Waals surface area contributed by atoms with Crippen LogP contribution >= 0.6 is 31.9 Å². The number of anilines is 1.